The van der Waals surface area contributed by atoms with Gasteiger partial charge in [-0.3, -0.25) is 14.6 Å². The zero-order valence-corrected chi connectivity index (χ0v) is 15.3. The van der Waals surface area contributed by atoms with Crippen LogP contribution in [0.1, 0.15) is 24.6 Å². The second-order valence-corrected chi connectivity index (χ2v) is 7.17. The molecule has 4 nitrogen and oxygen atoms in total. The highest BCUT2D eigenvalue weighted by Gasteiger charge is 2.49. The van der Waals surface area contributed by atoms with Crippen LogP contribution in [0.25, 0.3) is 0 Å². The van der Waals surface area contributed by atoms with Crippen molar-refractivity contribution >= 4 is 34.8 Å². The minimum absolute atomic E-state index is 0.0781. The highest BCUT2D eigenvalue weighted by atomic mass is 35.5. The molecule has 4 rings (SSSR count). The van der Waals surface area contributed by atoms with E-state index in [0.29, 0.717) is 10.0 Å². The number of amides is 1. The molecule has 2 aliphatic heterocycles. The van der Waals surface area contributed by atoms with Crippen molar-refractivity contribution in [3.8, 4) is 5.75 Å². The van der Waals surface area contributed by atoms with Crippen molar-refractivity contribution < 1.29 is 9.53 Å². The summed E-state index contributed by atoms with van der Waals surface area (Å²) in [6, 6.07) is 13.2. The molecule has 0 saturated carbocycles. The van der Waals surface area contributed by atoms with E-state index in [1.54, 1.807) is 19.2 Å². The number of benzene rings is 2. The Balaban J connectivity index is 1.81. The van der Waals surface area contributed by atoms with Crippen molar-refractivity contribution in [2.75, 3.05) is 18.6 Å². The molecule has 2 heterocycles. The monoisotopic (exact) mass is 376 g/mol. The van der Waals surface area contributed by atoms with Gasteiger partial charge in [0.2, 0.25) is 5.91 Å². The van der Waals surface area contributed by atoms with Crippen LogP contribution in [-0.2, 0) is 4.79 Å². The van der Waals surface area contributed by atoms with Crippen LogP contribution < -0.4 is 9.64 Å². The average molecular weight is 377 g/mol. The lowest BCUT2D eigenvalue weighted by molar-refractivity contribution is -0.119. The van der Waals surface area contributed by atoms with Gasteiger partial charge in [0.25, 0.3) is 0 Å². The molecule has 6 heteroatoms. The average Bonchev–Trinajstić information content (AvgIpc) is 3.20. The van der Waals surface area contributed by atoms with E-state index in [1.807, 2.05) is 35.2 Å². The molecule has 130 valence electrons. The maximum absolute atomic E-state index is 13.1. The van der Waals surface area contributed by atoms with E-state index in [1.165, 1.54) is 0 Å². The van der Waals surface area contributed by atoms with E-state index >= 15 is 0 Å². The van der Waals surface area contributed by atoms with Crippen molar-refractivity contribution in [1.82, 2.24) is 4.90 Å². The Hall–Kier alpha value is -1.75. The molecule has 2 aromatic carbocycles. The SMILES string of the molecule is COc1cccc(C2N(c3ccc(Cl)c(Cl)c3)C(=O)C3CCCN32)c1. The fourth-order valence-corrected chi connectivity index (χ4v) is 4.11. The molecule has 0 N–H and O–H groups in total. The van der Waals surface area contributed by atoms with Gasteiger partial charge in [0.05, 0.1) is 23.2 Å². The number of rotatable bonds is 3. The summed E-state index contributed by atoms with van der Waals surface area (Å²) in [6.45, 7) is 0.899. The third-order valence-corrected chi connectivity index (χ3v) is 5.69. The van der Waals surface area contributed by atoms with Crippen molar-refractivity contribution in [2.24, 2.45) is 0 Å². The Morgan fingerprint density at radius 2 is 1.96 bits per heavy atom. The van der Waals surface area contributed by atoms with E-state index in [2.05, 4.69) is 4.90 Å². The summed E-state index contributed by atoms with van der Waals surface area (Å²) in [4.78, 5) is 17.2. The van der Waals surface area contributed by atoms with E-state index in [4.69, 9.17) is 27.9 Å². The number of carbonyl (C=O) groups excluding carboxylic acids is 1. The first kappa shape index (κ1) is 16.7. The van der Waals surface area contributed by atoms with Crippen LogP contribution in [0, 0.1) is 0 Å². The molecule has 0 aromatic heterocycles. The first-order valence-corrected chi connectivity index (χ1v) is 9.03. The van der Waals surface area contributed by atoms with Crippen molar-refractivity contribution in [3.63, 3.8) is 0 Å². The first-order chi connectivity index (χ1) is 12.1. The number of ether oxygens (including phenoxy) is 1. The number of hydrogen-bond acceptors (Lipinski definition) is 3. The van der Waals surface area contributed by atoms with Crippen LogP contribution in [0.5, 0.6) is 5.75 Å². The number of methoxy groups -OCH3 is 1. The zero-order chi connectivity index (χ0) is 17.6. The summed E-state index contributed by atoms with van der Waals surface area (Å²) in [7, 11) is 1.65. The maximum atomic E-state index is 13.1. The molecule has 2 aromatic rings. The molecule has 0 radical (unpaired) electrons. The lowest BCUT2D eigenvalue weighted by Crippen LogP contribution is -2.32. The van der Waals surface area contributed by atoms with Crippen molar-refractivity contribution in [1.29, 1.82) is 0 Å². The molecular weight excluding hydrogens is 359 g/mol. The van der Waals surface area contributed by atoms with Gasteiger partial charge in [-0.1, -0.05) is 35.3 Å². The molecule has 0 aliphatic carbocycles. The third-order valence-electron chi connectivity index (χ3n) is 4.95. The van der Waals surface area contributed by atoms with Crippen LogP contribution >= 0.6 is 23.2 Å². The number of hydrogen-bond donors (Lipinski definition) is 0. The van der Waals surface area contributed by atoms with Gasteiger partial charge in [0.1, 0.15) is 11.9 Å². The fraction of sp³-hybridized carbons (Fsp3) is 0.316. The lowest BCUT2D eigenvalue weighted by Gasteiger charge is -2.30. The Labute approximate surface area is 156 Å². The van der Waals surface area contributed by atoms with Gasteiger partial charge >= 0.3 is 0 Å². The second kappa shape index (κ2) is 6.52. The molecule has 25 heavy (non-hydrogen) atoms. The van der Waals surface area contributed by atoms with E-state index < -0.39 is 0 Å². The molecule has 1 amide bonds. The van der Waals surface area contributed by atoms with Crippen LogP contribution in [0.3, 0.4) is 0 Å². The van der Waals surface area contributed by atoms with E-state index in [0.717, 1.165) is 36.4 Å². The fourth-order valence-electron chi connectivity index (χ4n) is 3.82. The molecule has 2 unspecified atom stereocenters. The minimum atomic E-state index is -0.160. The summed E-state index contributed by atoms with van der Waals surface area (Å²) < 4.78 is 5.37. The Morgan fingerprint density at radius 1 is 1.12 bits per heavy atom. The van der Waals surface area contributed by atoms with Crippen molar-refractivity contribution in [2.45, 2.75) is 25.0 Å². The molecule has 2 saturated heterocycles. The summed E-state index contributed by atoms with van der Waals surface area (Å²) >= 11 is 12.2. The van der Waals surface area contributed by atoms with Crippen LogP contribution in [-0.4, -0.2) is 30.5 Å². The summed E-state index contributed by atoms with van der Waals surface area (Å²) in [5.74, 6) is 0.894. The predicted octanol–water partition coefficient (Wildman–Crippen LogP) is 4.51. The molecule has 2 fully saturated rings. The van der Waals surface area contributed by atoms with Gasteiger partial charge in [0.15, 0.2) is 0 Å². The van der Waals surface area contributed by atoms with Crippen molar-refractivity contribution in [3.05, 3.63) is 58.1 Å². The second-order valence-electron chi connectivity index (χ2n) is 6.35. The largest absolute Gasteiger partial charge is 0.497 e. The Morgan fingerprint density at radius 3 is 2.72 bits per heavy atom. The van der Waals surface area contributed by atoms with Crippen LogP contribution in [0.15, 0.2) is 42.5 Å². The van der Waals surface area contributed by atoms with Gasteiger partial charge < -0.3 is 4.74 Å². The van der Waals surface area contributed by atoms with Gasteiger partial charge in [-0.05, 0) is 48.7 Å². The standard InChI is InChI=1S/C19H18Cl2N2O2/c1-25-14-5-2-4-12(10-14)18-22-9-3-6-17(22)19(24)23(18)13-7-8-15(20)16(21)11-13/h2,4-5,7-8,10-11,17-18H,3,6,9H2,1H3. The quantitative estimate of drug-likeness (QED) is 0.789. The highest BCUT2D eigenvalue weighted by Crippen LogP contribution is 2.43. The number of halogens is 2. The lowest BCUT2D eigenvalue weighted by atomic mass is 10.1. The van der Waals surface area contributed by atoms with Crippen LogP contribution in [0.4, 0.5) is 5.69 Å². The van der Waals surface area contributed by atoms with Gasteiger partial charge in [0, 0.05) is 12.2 Å². The smallest absolute Gasteiger partial charge is 0.246 e. The molecule has 0 bridgehead atoms. The van der Waals surface area contributed by atoms with Gasteiger partial charge in [-0.2, -0.15) is 0 Å². The zero-order valence-electron chi connectivity index (χ0n) is 13.8. The van der Waals surface area contributed by atoms with E-state index in [-0.39, 0.29) is 18.1 Å². The third kappa shape index (κ3) is 2.78. The predicted molar refractivity (Wildman–Crippen MR) is 99.4 cm³/mol. The Bertz CT molecular complexity index is 827. The summed E-state index contributed by atoms with van der Waals surface area (Å²) in [5, 5.41) is 0.930. The molecule has 2 atom stereocenters. The Kier molecular flexibility index (Phi) is 4.36. The number of anilines is 1. The number of fused-ring (bicyclic) bond motifs is 1. The van der Waals surface area contributed by atoms with Gasteiger partial charge in [-0.25, -0.2) is 0 Å². The minimum Gasteiger partial charge on any atom is -0.497 e. The van der Waals surface area contributed by atoms with Gasteiger partial charge in [-0.15, -0.1) is 0 Å². The molecule has 0 spiro atoms. The number of nitrogens with zero attached hydrogens (tertiary/aromatic N) is 2. The summed E-state index contributed by atoms with van der Waals surface area (Å²) in [5.41, 5.74) is 1.80. The molecule has 2 aliphatic rings. The maximum Gasteiger partial charge on any atom is 0.246 e. The molecular formula is C19H18Cl2N2O2. The normalized spacial score (nSPS) is 23.2. The highest BCUT2D eigenvalue weighted by molar-refractivity contribution is 6.42. The van der Waals surface area contributed by atoms with E-state index in [9.17, 15) is 4.79 Å². The first-order valence-electron chi connectivity index (χ1n) is 8.28. The number of carbonyl (C=O) groups is 1. The summed E-state index contributed by atoms with van der Waals surface area (Å²) in [6.07, 6.45) is 1.76. The topological polar surface area (TPSA) is 32.8 Å². The van der Waals surface area contributed by atoms with Crippen LogP contribution in [0.2, 0.25) is 10.0 Å².